The Morgan fingerprint density at radius 3 is 2.95 bits per heavy atom. The predicted molar refractivity (Wildman–Crippen MR) is 84.1 cm³/mol. The summed E-state index contributed by atoms with van der Waals surface area (Å²) in [5.41, 5.74) is 7.20. The number of nitrogens with two attached hydrogens (primary N) is 1. The molecular formula is C17H27NO3. The van der Waals surface area contributed by atoms with Gasteiger partial charge in [0.1, 0.15) is 11.5 Å². The molecule has 4 nitrogen and oxygen atoms in total. The zero-order valence-corrected chi connectivity index (χ0v) is 13.1. The van der Waals surface area contributed by atoms with Crippen LogP contribution in [0.25, 0.3) is 0 Å². The number of methoxy groups -OCH3 is 1. The van der Waals surface area contributed by atoms with Crippen LogP contribution in [0.15, 0.2) is 18.2 Å². The van der Waals surface area contributed by atoms with Gasteiger partial charge in [-0.2, -0.15) is 0 Å². The van der Waals surface area contributed by atoms with Gasteiger partial charge in [-0.3, -0.25) is 0 Å². The van der Waals surface area contributed by atoms with Gasteiger partial charge < -0.3 is 19.9 Å². The maximum Gasteiger partial charge on any atom is 0.122 e. The second-order valence-corrected chi connectivity index (χ2v) is 5.62. The van der Waals surface area contributed by atoms with Crippen LogP contribution in [0.4, 0.5) is 0 Å². The van der Waals surface area contributed by atoms with Crippen molar-refractivity contribution in [2.24, 2.45) is 5.73 Å². The van der Waals surface area contributed by atoms with E-state index in [0.29, 0.717) is 12.7 Å². The van der Waals surface area contributed by atoms with Gasteiger partial charge in [-0.15, -0.1) is 0 Å². The van der Waals surface area contributed by atoms with Crippen molar-refractivity contribution in [3.63, 3.8) is 0 Å². The van der Waals surface area contributed by atoms with Gasteiger partial charge in [0.15, 0.2) is 0 Å². The fourth-order valence-electron chi connectivity index (χ4n) is 2.58. The molecule has 2 unspecified atom stereocenters. The smallest absolute Gasteiger partial charge is 0.122 e. The molecule has 118 valence electrons. The van der Waals surface area contributed by atoms with Crippen LogP contribution in [-0.2, 0) is 11.2 Å². The molecule has 0 radical (unpaired) electrons. The van der Waals surface area contributed by atoms with Crippen molar-refractivity contribution in [2.45, 2.75) is 51.2 Å². The van der Waals surface area contributed by atoms with E-state index in [2.05, 4.69) is 6.92 Å². The van der Waals surface area contributed by atoms with Crippen LogP contribution in [0.1, 0.15) is 38.2 Å². The van der Waals surface area contributed by atoms with Gasteiger partial charge in [0.25, 0.3) is 0 Å². The molecule has 0 saturated carbocycles. The zero-order valence-electron chi connectivity index (χ0n) is 13.1. The number of hydrogen-bond acceptors (Lipinski definition) is 4. The van der Waals surface area contributed by atoms with Crippen molar-refractivity contribution < 1.29 is 14.2 Å². The average molecular weight is 293 g/mol. The van der Waals surface area contributed by atoms with E-state index < -0.39 is 0 Å². The average Bonchev–Trinajstić information content (AvgIpc) is 3.01. The largest absolute Gasteiger partial charge is 0.497 e. The lowest BCUT2D eigenvalue weighted by molar-refractivity contribution is 0.0902. The van der Waals surface area contributed by atoms with Crippen LogP contribution in [0.5, 0.6) is 11.5 Å². The molecular weight excluding hydrogens is 266 g/mol. The summed E-state index contributed by atoms with van der Waals surface area (Å²) < 4.78 is 16.9. The molecule has 1 fully saturated rings. The van der Waals surface area contributed by atoms with Crippen LogP contribution < -0.4 is 15.2 Å². The molecule has 0 bridgehead atoms. The summed E-state index contributed by atoms with van der Waals surface area (Å²) in [6.45, 7) is 3.68. The van der Waals surface area contributed by atoms with E-state index in [1.807, 2.05) is 18.2 Å². The maximum atomic E-state index is 6.08. The Morgan fingerprint density at radius 2 is 2.29 bits per heavy atom. The molecule has 1 aromatic rings. The standard InChI is InChI=1S/C17H27NO3/c1-3-14(18)11-13-12-16(19-2)6-7-17(13)21-10-8-15-5-4-9-20-15/h6-7,12,14-15H,3-5,8-11,18H2,1-2H3. The monoisotopic (exact) mass is 293 g/mol. The highest BCUT2D eigenvalue weighted by Crippen LogP contribution is 2.26. The third-order valence-corrected chi connectivity index (χ3v) is 4.00. The first kappa shape index (κ1) is 16.1. The Morgan fingerprint density at radius 1 is 1.43 bits per heavy atom. The molecule has 0 aliphatic carbocycles. The number of hydrogen-bond donors (Lipinski definition) is 1. The molecule has 1 heterocycles. The summed E-state index contributed by atoms with van der Waals surface area (Å²) in [4.78, 5) is 0. The minimum atomic E-state index is 0.151. The van der Waals surface area contributed by atoms with Crippen molar-refractivity contribution >= 4 is 0 Å². The highest BCUT2D eigenvalue weighted by atomic mass is 16.5. The summed E-state index contributed by atoms with van der Waals surface area (Å²) in [6, 6.07) is 6.09. The number of ether oxygens (including phenoxy) is 3. The predicted octanol–water partition coefficient (Wildman–Crippen LogP) is 2.92. The summed E-state index contributed by atoms with van der Waals surface area (Å²) in [5, 5.41) is 0. The molecule has 4 heteroatoms. The van der Waals surface area contributed by atoms with Crippen LogP contribution in [0.2, 0.25) is 0 Å². The van der Waals surface area contributed by atoms with Crippen molar-refractivity contribution in [2.75, 3.05) is 20.3 Å². The first-order chi connectivity index (χ1) is 10.2. The van der Waals surface area contributed by atoms with E-state index in [1.165, 1.54) is 6.42 Å². The Balaban J connectivity index is 1.95. The zero-order chi connectivity index (χ0) is 15.1. The van der Waals surface area contributed by atoms with E-state index in [-0.39, 0.29) is 6.04 Å². The molecule has 0 amide bonds. The van der Waals surface area contributed by atoms with Crippen LogP contribution in [0.3, 0.4) is 0 Å². The summed E-state index contributed by atoms with van der Waals surface area (Å²) >= 11 is 0. The fourth-order valence-corrected chi connectivity index (χ4v) is 2.58. The maximum absolute atomic E-state index is 6.08. The Kier molecular flexibility index (Phi) is 6.33. The molecule has 2 atom stereocenters. The molecule has 0 spiro atoms. The minimum Gasteiger partial charge on any atom is -0.497 e. The highest BCUT2D eigenvalue weighted by molar-refractivity contribution is 5.40. The van der Waals surface area contributed by atoms with E-state index in [1.54, 1.807) is 7.11 Å². The molecule has 1 aliphatic rings. The Labute approximate surface area is 127 Å². The van der Waals surface area contributed by atoms with Gasteiger partial charge >= 0.3 is 0 Å². The quantitative estimate of drug-likeness (QED) is 0.800. The summed E-state index contributed by atoms with van der Waals surface area (Å²) in [5.74, 6) is 1.76. The molecule has 0 aromatic heterocycles. The first-order valence-electron chi connectivity index (χ1n) is 7.89. The molecule has 1 aromatic carbocycles. The van der Waals surface area contributed by atoms with Crippen LogP contribution in [0, 0.1) is 0 Å². The SMILES string of the molecule is CCC(N)Cc1cc(OC)ccc1OCCC1CCCO1. The third-order valence-electron chi connectivity index (χ3n) is 4.00. The normalized spacial score (nSPS) is 19.5. The first-order valence-corrected chi connectivity index (χ1v) is 7.89. The summed E-state index contributed by atoms with van der Waals surface area (Å²) in [6.07, 6.45) is 5.40. The van der Waals surface area contributed by atoms with Gasteiger partial charge in [-0.05, 0) is 49.4 Å². The molecule has 2 rings (SSSR count). The van der Waals surface area contributed by atoms with Crippen molar-refractivity contribution in [1.82, 2.24) is 0 Å². The van der Waals surface area contributed by atoms with Crippen molar-refractivity contribution in [3.8, 4) is 11.5 Å². The van der Waals surface area contributed by atoms with E-state index in [9.17, 15) is 0 Å². The van der Waals surface area contributed by atoms with Gasteiger partial charge in [0, 0.05) is 19.1 Å². The van der Waals surface area contributed by atoms with E-state index >= 15 is 0 Å². The lowest BCUT2D eigenvalue weighted by Crippen LogP contribution is -2.22. The van der Waals surface area contributed by atoms with E-state index in [0.717, 1.165) is 49.4 Å². The molecule has 21 heavy (non-hydrogen) atoms. The van der Waals surface area contributed by atoms with Crippen molar-refractivity contribution in [1.29, 1.82) is 0 Å². The number of benzene rings is 1. The second-order valence-electron chi connectivity index (χ2n) is 5.62. The van der Waals surface area contributed by atoms with Gasteiger partial charge in [-0.25, -0.2) is 0 Å². The lowest BCUT2D eigenvalue weighted by Gasteiger charge is -2.16. The minimum absolute atomic E-state index is 0.151. The lowest BCUT2D eigenvalue weighted by atomic mass is 10.0. The van der Waals surface area contributed by atoms with Gasteiger partial charge in [-0.1, -0.05) is 6.92 Å². The van der Waals surface area contributed by atoms with Crippen LogP contribution in [-0.4, -0.2) is 32.5 Å². The Hall–Kier alpha value is -1.26. The van der Waals surface area contributed by atoms with Gasteiger partial charge in [0.05, 0.1) is 19.8 Å². The molecule has 1 saturated heterocycles. The van der Waals surface area contributed by atoms with E-state index in [4.69, 9.17) is 19.9 Å². The molecule has 2 N–H and O–H groups in total. The second kappa shape index (κ2) is 8.25. The molecule has 1 aliphatic heterocycles. The number of rotatable bonds is 8. The fraction of sp³-hybridized carbons (Fsp3) is 0.647. The topological polar surface area (TPSA) is 53.7 Å². The van der Waals surface area contributed by atoms with Crippen molar-refractivity contribution in [3.05, 3.63) is 23.8 Å². The highest BCUT2D eigenvalue weighted by Gasteiger charge is 2.16. The van der Waals surface area contributed by atoms with Gasteiger partial charge in [0.2, 0.25) is 0 Å². The summed E-state index contributed by atoms with van der Waals surface area (Å²) in [7, 11) is 1.68. The third kappa shape index (κ3) is 4.90. The van der Waals surface area contributed by atoms with Crippen LogP contribution >= 0.6 is 0 Å². The Bertz CT molecular complexity index is 430.